The van der Waals surface area contributed by atoms with Crippen molar-refractivity contribution in [1.29, 1.82) is 0 Å². The van der Waals surface area contributed by atoms with E-state index in [1.807, 2.05) is 0 Å². The summed E-state index contributed by atoms with van der Waals surface area (Å²) in [6, 6.07) is 0. The van der Waals surface area contributed by atoms with Gasteiger partial charge >= 0.3 is 54.8 Å². The second kappa shape index (κ2) is 11.2. The van der Waals surface area contributed by atoms with Crippen LogP contribution in [0.15, 0.2) is 0 Å². The molecule has 0 aliphatic heterocycles. The van der Waals surface area contributed by atoms with Gasteiger partial charge in [0.1, 0.15) is 0 Å². The van der Waals surface area contributed by atoms with Crippen molar-refractivity contribution >= 4 is 31.9 Å². The molecule has 0 N–H and O–H groups in total. The van der Waals surface area contributed by atoms with Crippen LogP contribution >= 0.6 is 0 Å². The molecule has 0 rings (SSSR count). The Morgan fingerprint density at radius 2 is 1.38 bits per heavy atom. The topological polar surface area (TPSA) is 6.48 Å². The van der Waals surface area contributed by atoms with Gasteiger partial charge in [0.05, 0.1) is 0 Å². The summed E-state index contributed by atoms with van der Waals surface area (Å²) in [5.41, 5.74) is 0. The van der Waals surface area contributed by atoms with E-state index in [1.165, 1.54) is 12.8 Å². The first-order chi connectivity index (χ1) is 7.27. The zero-order valence-electron chi connectivity index (χ0n) is 13.0. The van der Waals surface area contributed by atoms with Gasteiger partial charge in [-0.05, 0) is 19.0 Å². The van der Waals surface area contributed by atoms with Gasteiger partial charge in [0.15, 0.2) is 0 Å². The molecule has 4 heteroatoms. The van der Waals surface area contributed by atoms with Crippen molar-refractivity contribution in [2.75, 3.05) is 28.2 Å². The summed E-state index contributed by atoms with van der Waals surface area (Å²) in [7, 11) is 8.57. The summed E-state index contributed by atoms with van der Waals surface area (Å²) >= 11 is 1.80. The molecule has 0 radical (unpaired) electrons. The Morgan fingerprint density at radius 1 is 0.938 bits per heavy atom. The zero-order valence-corrected chi connectivity index (χ0v) is 14.2. The summed E-state index contributed by atoms with van der Waals surface area (Å²) in [6.45, 7) is 4.47. The SMILES string of the molecule is CC[CH](N(C)C)[Al]([CH3])[CH3].[Li][CH](CC)N(C)C. The monoisotopic (exact) mass is 236 g/mol. The molecule has 0 saturated heterocycles. The van der Waals surface area contributed by atoms with Crippen molar-refractivity contribution in [3.63, 3.8) is 0 Å². The fourth-order valence-corrected chi connectivity index (χ4v) is 3.93. The van der Waals surface area contributed by atoms with Crippen molar-refractivity contribution in [3.8, 4) is 0 Å². The molecule has 0 spiro atoms. The molecular formula is C12H30AlLiN2. The van der Waals surface area contributed by atoms with Gasteiger partial charge < -0.3 is 4.90 Å². The minimum absolute atomic E-state index is 0.417. The molecule has 0 aromatic carbocycles. The second-order valence-corrected chi connectivity index (χ2v) is 8.66. The number of nitrogens with zero attached hydrogens (tertiary/aromatic N) is 2. The molecule has 16 heavy (non-hydrogen) atoms. The Labute approximate surface area is 117 Å². The molecule has 2 atom stereocenters. The fourth-order valence-electron chi connectivity index (χ4n) is 1.80. The van der Waals surface area contributed by atoms with Gasteiger partial charge in [-0.15, -0.1) is 11.6 Å². The Kier molecular flexibility index (Phi) is 13.5. The van der Waals surface area contributed by atoms with E-state index in [0.29, 0.717) is 0 Å². The summed E-state index contributed by atoms with van der Waals surface area (Å²) in [5, 5.41) is 0. The molecule has 0 aliphatic rings. The molecule has 92 valence electrons. The van der Waals surface area contributed by atoms with E-state index in [2.05, 4.69) is 81.1 Å². The van der Waals surface area contributed by atoms with E-state index in [0.717, 1.165) is 9.62 Å². The molecule has 0 fully saturated rings. The number of rotatable bonds is 5. The van der Waals surface area contributed by atoms with E-state index >= 15 is 0 Å². The fraction of sp³-hybridized carbons (Fsp3) is 1.00. The van der Waals surface area contributed by atoms with Crippen molar-refractivity contribution in [3.05, 3.63) is 0 Å². The van der Waals surface area contributed by atoms with Crippen LogP contribution < -0.4 is 0 Å². The maximum atomic E-state index is 2.41. The van der Waals surface area contributed by atoms with Gasteiger partial charge in [-0.2, -0.15) is 0 Å². The van der Waals surface area contributed by atoms with E-state index in [-0.39, 0.29) is 0 Å². The Bertz CT molecular complexity index is 144. The van der Waals surface area contributed by atoms with Crippen LogP contribution in [0.25, 0.3) is 0 Å². The summed E-state index contributed by atoms with van der Waals surface area (Å²) < 4.78 is 0.736. The van der Waals surface area contributed by atoms with Gasteiger partial charge in [0, 0.05) is 0 Å². The first kappa shape index (κ1) is 19.4. The van der Waals surface area contributed by atoms with Gasteiger partial charge in [-0.3, -0.25) is 0 Å². The molecule has 0 aromatic rings. The van der Waals surface area contributed by atoms with Crippen LogP contribution in [0.3, 0.4) is 0 Å². The number of hydrogen-bond acceptors (Lipinski definition) is 2. The molecular weight excluding hydrogens is 206 g/mol. The third-order valence-electron chi connectivity index (χ3n) is 3.32. The Morgan fingerprint density at radius 3 is 1.38 bits per heavy atom. The van der Waals surface area contributed by atoms with Crippen molar-refractivity contribution in [2.24, 2.45) is 0 Å². The van der Waals surface area contributed by atoms with Gasteiger partial charge in [0.25, 0.3) is 14.1 Å². The van der Waals surface area contributed by atoms with E-state index < -0.39 is 14.1 Å². The summed E-state index contributed by atoms with van der Waals surface area (Å²) in [6.07, 6.45) is 2.56. The van der Waals surface area contributed by atoms with Crippen LogP contribution in [0.5, 0.6) is 0 Å². The van der Waals surface area contributed by atoms with Crippen LogP contribution in [-0.4, -0.2) is 79.5 Å². The van der Waals surface area contributed by atoms with Crippen LogP contribution in [-0.2, 0) is 0 Å². The van der Waals surface area contributed by atoms with E-state index in [4.69, 9.17) is 0 Å². The Balaban J connectivity index is 0. The predicted octanol–water partition coefficient (Wildman–Crippen LogP) is 2.07. The molecule has 0 aromatic heterocycles. The van der Waals surface area contributed by atoms with Gasteiger partial charge in [0.2, 0.25) is 0 Å². The average Bonchev–Trinajstić information content (AvgIpc) is 2.17. The molecule has 2 unspecified atom stereocenters. The molecule has 2 nitrogen and oxygen atoms in total. The molecule has 0 bridgehead atoms. The first-order valence-corrected chi connectivity index (χ1v) is 9.58. The molecule has 0 heterocycles. The maximum absolute atomic E-state index is 2.41. The quantitative estimate of drug-likeness (QED) is 0.674. The van der Waals surface area contributed by atoms with Crippen LogP contribution in [0.4, 0.5) is 0 Å². The normalized spacial score (nSPS) is 14.5. The standard InChI is InChI=1S/2C5H12N.2CH3.Al.Li/c2*1-4-5-6(2)3;;;;/h2*5H,4H2,1-3H3;2*1H3;;. The third-order valence-corrected chi connectivity index (χ3v) is 5.93. The molecule has 0 amide bonds. The van der Waals surface area contributed by atoms with E-state index in [9.17, 15) is 0 Å². The predicted molar refractivity (Wildman–Crippen MR) is 78.8 cm³/mol. The van der Waals surface area contributed by atoms with Gasteiger partial charge in [-0.25, -0.2) is 0 Å². The van der Waals surface area contributed by atoms with Crippen molar-refractivity contribution in [1.82, 2.24) is 9.80 Å². The number of hydrogen-bond donors (Lipinski definition) is 0. The zero-order chi connectivity index (χ0) is 13.3. The van der Waals surface area contributed by atoms with Crippen LogP contribution in [0.1, 0.15) is 26.7 Å². The van der Waals surface area contributed by atoms with E-state index in [1.54, 1.807) is 0 Å². The van der Waals surface area contributed by atoms with Crippen LogP contribution in [0, 0.1) is 0 Å². The minimum atomic E-state index is -0.417. The third kappa shape index (κ3) is 10.2. The summed E-state index contributed by atoms with van der Waals surface area (Å²) in [4.78, 5) is 5.47. The Hall–Kier alpha value is 1.05. The first-order valence-electron chi connectivity index (χ1n) is 6.60. The second-order valence-electron chi connectivity index (χ2n) is 5.40. The average molecular weight is 236 g/mol. The molecule has 0 aliphatic carbocycles. The van der Waals surface area contributed by atoms with Crippen molar-refractivity contribution in [2.45, 2.75) is 47.9 Å². The molecule has 0 saturated carbocycles. The summed E-state index contributed by atoms with van der Waals surface area (Å²) in [5.74, 6) is 4.82. The van der Waals surface area contributed by atoms with Crippen molar-refractivity contribution < 1.29 is 0 Å². The van der Waals surface area contributed by atoms with Crippen LogP contribution in [0.2, 0.25) is 11.6 Å². The van der Waals surface area contributed by atoms with Gasteiger partial charge in [-0.1, -0.05) is 13.3 Å².